The number of benzene rings is 1. The molecule has 116 valence electrons. The van der Waals surface area contributed by atoms with Gasteiger partial charge in [0.1, 0.15) is 0 Å². The number of carbonyl (C=O) groups is 1. The molecule has 2 heterocycles. The van der Waals surface area contributed by atoms with Crippen molar-refractivity contribution >= 4 is 29.8 Å². The van der Waals surface area contributed by atoms with Gasteiger partial charge in [-0.3, -0.25) is 4.57 Å². The molecule has 0 radical (unpaired) electrons. The fraction of sp³-hybridized carbons (Fsp3) is 0.333. The van der Waals surface area contributed by atoms with Crippen LogP contribution in [0.2, 0.25) is 5.02 Å². The summed E-state index contributed by atoms with van der Waals surface area (Å²) in [7, 11) is 1.30. The zero-order valence-electron chi connectivity index (χ0n) is 12.0. The molecule has 0 saturated heterocycles. The van der Waals surface area contributed by atoms with Gasteiger partial charge < -0.3 is 14.4 Å². The quantitative estimate of drug-likeness (QED) is 0.672. The van der Waals surface area contributed by atoms with Crippen LogP contribution in [0.4, 0.5) is 0 Å². The monoisotopic (exact) mass is 338 g/mol. The van der Waals surface area contributed by atoms with E-state index in [1.807, 2.05) is 4.57 Å². The number of aromatic nitrogens is 2. The third-order valence-corrected chi connectivity index (χ3v) is 4.61. The van der Waals surface area contributed by atoms with E-state index in [1.54, 1.807) is 22.8 Å². The molecule has 0 bridgehead atoms. The summed E-state index contributed by atoms with van der Waals surface area (Å²) in [6.07, 6.45) is 2.86. The van der Waals surface area contributed by atoms with Crippen LogP contribution in [0.1, 0.15) is 28.9 Å². The number of methoxy groups -OCH3 is 1. The lowest BCUT2D eigenvalue weighted by molar-refractivity contribution is 0.0601. The second-order valence-electron chi connectivity index (χ2n) is 5.15. The molecule has 0 saturated carbocycles. The van der Waals surface area contributed by atoms with Gasteiger partial charge in [0, 0.05) is 6.54 Å². The number of nitrogens with zero attached hydrogens (tertiary/aromatic N) is 2. The average molecular weight is 339 g/mol. The van der Waals surface area contributed by atoms with Crippen LogP contribution in [-0.4, -0.2) is 27.3 Å². The number of imidazole rings is 1. The van der Waals surface area contributed by atoms with Crippen molar-refractivity contribution in [2.75, 3.05) is 7.11 Å². The maximum Gasteiger partial charge on any atom is 0.339 e. The van der Waals surface area contributed by atoms with Crippen LogP contribution in [0, 0.1) is 4.77 Å². The molecule has 1 aromatic carbocycles. The number of carbonyl (C=O) groups excluding carboxylic acids is 1. The Hall–Kier alpha value is -1.79. The Morgan fingerprint density at radius 1 is 1.41 bits per heavy atom. The predicted molar refractivity (Wildman–Crippen MR) is 85.5 cm³/mol. The van der Waals surface area contributed by atoms with Crippen LogP contribution in [0.25, 0.3) is 5.69 Å². The first-order valence-electron chi connectivity index (χ1n) is 6.96. The molecule has 3 rings (SSSR count). The highest BCUT2D eigenvalue weighted by atomic mass is 35.5. The van der Waals surface area contributed by atoms with Crippen molar-refractivity contribution in [3.05, 3.63) is 39.3 Å². The van der Waals surface area contributed by atoms with Crippen molar-refractivity contribution in [3.63, 3.8) is 0 Å². The topological polar surface area (TPSA) is 56.4 Å². The predicted octanol–water partition coefficient (Wildman–Crippen LogP) is 3.49. The van der Waals surface area contributed by atoms with Gasteiger partial charge in [-0.15, -0.1) is 0 Å². The van der Waals surface area contributed by atoms with Crippen LogP contribution in [0.3, 0.4) is 0 Å². The SMILES string of the molecule is COC(=O)c1cc(-n2c(O)c3n(c2=S)CCCC3)ccc1Cl. The van der Waals surface area contributed by atoms with Gasteiger partial charge in [0.2, 0.25) is 5.88 Å². The number of halogens is 1. The van der Waals surface area contributed by atoms with Crippen molar-refractivity contribution in [1.82, 2.24) is 9.13 Å². The van der Waals surface area contributed by atoms with E-state index >= 15 is 0 Å². The molecule has 0 aliphatic carbocycles. The van der Waals surface area contributed by atoms with E-state index in [-0.39, 0.29) is 11.4 Å². The maximum absolute atomic E-state index is 11.8. The van der Waals surface area contributed by atoms with E-state index in [2.05, 4.69) is 0 Å². The number of hydrogen-bond acceptors (Lipinski definition) is 4. The van der Waals surface area contributed by atoms with Crippen molar-refractivity contribution in [2.24, 2.45) is 0 Å². The second kappa shape index (κ2) is 5.78. The zero-order chi connectivity index (χ0) is 15.9. The van der Waals surface area contributed by atoms with Gasteiger partial charge in [0.25, 0.3) is 0 Å². The van der Waals surface area contributed by atoms with Crippen molar-refractivity contribution in [1.29, 1.82) is 0 Å². The van der Waals surface area contributed by atoms with Gasteiger partial charge >= 0.3 is 5.97 Å². The summed E-state index contributed by atoms with van der Waals surface area (Å²) in [6.45, 7) is 0.798. The lowest BCUT2D eigenvalue weighted by Gasteiger charge is -2.12. The lowest BCUT2D eigenvalue weighted by Crippen LogP contribution is -2.09. The van der Waals surface area contributed by atoms with Crippen LogP contribution in [0.5, 0.6) is 5.88 Å². The van der Waals surface area contributed by atoms with E-state index in [9.17, 15) is 9.90 Å². The van der Waals surface area contributed by atoms with E-state index in [0.29, 0.717) is 15.5 Å². The Kier molecular flexibility index (Phi) is 3.97. The van der Waals surface area contributed by atoms with Gasteiger partial charge in [-0.05, 0) is 49.7 Å². The molecule has 1 aliphatic rings. The molecule has 22 heavy (non-hydrogen) atoms. The minimum Gasteiger partial charge on any atom is -0.493 e. The Bertz CT molecular complexity index is 810. The lowest BCUT2D eigenvalue weighted by atomic mass is 10.1. The van der Waals surface area contributed by atoms with Gasteiger partial charge in [-0.25, -0.2) is 4.79 Å². The third-order valence-electron chi connectivity index (χ3n) is 3.88. The van der Waals surface area contributed by atoms with Crippen molar-refractivity contribution in [2.45, 2.75) is 25.8 Å². The first-order chi connectivity index (χ1) is 10.5. The Morgan fingerprint density at radius 2 is 2.18 bits per heavy atom. The van der Waals surface area contributed by atoms with E-state index in [0.717, 1.165) is 31.5 Å². The molecular weight excluding hydrogens is 324 g/mol. The highest BCUT2D eigenvalue weighted by Gasteiger charge is 2.22. The largest absolute Gasteiger partial charge is 0.493 e. The molecule has 1 N–H and O–H groups in total. The fourth-order valence-corrected chi connectivity index (χ4v) is 3.36. The van der Waals surface area contributed by atoms with Gasteiger partial charge in [0.15, 0.2) is 4.77 Å². The normalized spacial score (nSPS) is 13.7. The Labute approximate surface area is 137 Å². The minimum atomic E-state index is -0.526. The first-order valence-corrected chi connectivity index (χ1v) is 7.75. The van der Waals surface area contributed by atoms with Crippen molar-refractivity contribution in [3.8, 4) is 11.6 Å². The smallest absolute Gasteiger partial charge is 0.339 e. The van der Waals surface area contributed by atoms with Gasteiger partial charge in [-0.1, -0.05) is 11.6 Å². The Morgan fingerprint density at radius 3 is 2.86 bits per heavy atom. The van der Waals surface area contributed by atoms with Crippen LogP contribution >= 0.6 is 23.8 Å². The number of aromatic hydroxyl groups is 1. The molecule has 7 heteroatoms. The average Bonchev–Trinajstić information content (AvgIpc) is 2.79. The van der Waals surface area contributed by atoms with Crippen LogP contribution < -0.4 is 0 Å². The summed E-state index contributed by atoms with van der Waals surface area (Å²) in [6, 6.07) is 4.90. The fourth-order valence-electron chi connectivity index (χ4n) is 2.77. The standard InChI is InChI=1S/C15H15ClN2O3S/c1-21-14(20)10-8-9(5-6-11(10)16)18-13(19)12-4-2-3-7-17(12)15(18)22/h5-6,8,19H,2-4,7H2,1H3. The molecule has 1 aliphatic heterocycles. The summed E-state index contributed by atoms with van der Waals surface area (Å²) in [5.41, 5.74) is 1.67. The van der Waals surface area contributed by atoms with Crippen LogP contribution in [0.15, 0.2) is 18.2 Å². The molecule has 0 unspecified atom stereocenters. The molecule has 0 fully saturated rings. The summed E-state index contributed by atoms with van der Waals surface area (Å²) in [5.74, 6) is -0.398. The van der Waals surface area contributed by atoms with Crippen molar-refractivity contribution < 1.29 is 14.6 Å². The molecule has 2 aromatic rings. The number of esters is 1. The molecular formula is C15H15ClN2O3S. The Balaban J connectivity index is 2.19. The van der Waals surface area contributed by atoms with Gasteiger partial charge in [0.05, 0.1) is 29.1 Å². The van der Waals surface area contributed by atoms with E-state index in [4.69, 9.17) is 28.6 Å². The van der Waals surface area contributed by atoms with E-state index < -0.39 is 5.97 Å². The maximum atomic E-state index is 11.8. The number of rotatable bonds is 2. The molecule has 0 amide bonds. The van der Waals surface area contributed by atoms with Gasteiger partial charge in [-0.2, -0.15) is 0 Å². The molecule has 1 aromatic heterocycles. The summed E-state index contributed by atoms with van der Waals surface area (Å²) in [4.78, 5) is 11.8. The highest BCUT2D eigenvalue weighted by Crippen LogP contribution is 2.31. The van der Waals surface area contributed by atoms with E-state index in [1.165, 1.54) is 7.11 Å². The summed E-state index contributed by atoms with van der Waals surface area (Å²) in [5, 5.41) is 10.8. The highest BCUT2D eigenvalue weighted by molar-refractivity contribution is 7.71. The number of fused-ring (bicyclic) bond motifs is 1. The number of ether oxygens (including phenoxy) is 1. The molecule has 5 nitrogen and oxygen atoms in total. The minimum absolute atomic E-state index is 0.128. The summed E-state index contributed by atoms with van der Waals surface area (Å²) >= 11 is 11.5. The molecule has 0 atom stereocenters. The third kappa shape index (κ3) is 2.32. The number of hydrogen-bond donors (Lipinski definition) is 1. The summed E-state index contributed by atoms with van der Waals surface area (Å²) < 4.78 is 8.76. The van der Waals surface area contributed by atoms with Crippen LogP contribution in [-0.2, 0) is 17.7 Å². The second-order valence-corrected chi connectivity index (χ2v) is 5.93. The molecule has 0 spiro atoms. The zero-order valence-corrected chi connectivity index (χ0v) is 13.6. The first kappa shape index (κ1) is 15.1.